The Morgan fingerprint density at radius 3 is 2.29 bits per heavy atom. The van der Waals surface area contributed by atoms with Gasteiger partial charge in [-0.15, -0.1) is 11.3 Å². The summed E-state index contributed by atoms with van der Waals surface area (Å²) < 4.78 is 25.1. The summed E-state index contributed by atoms with van der Waals surface area (Å²) in [7, 11) is 1.65. The number of methoxy groups -OCH3 is 1. The number of aromatic nitrogens is 1. The number of thiophene rings is 1. The van der Waals surface area contributed by atoms with Gasteiger partial charge >= 0.3 is 0 Å². The highest BCUT2D eigenvalue weighted by molar-refractivity contribution is 7.13. The van der Waals surface area contributed by atoms with Crippen LogP contribution in [0.25, 0.3) is 10.4 Å². The van der Waals surface area contributed by atoms with Gasteiger partial charge in [0.15, 0.2) is 11.6 Å². The number of aliphatic imine (C=N–C) groups is 1. The zero-order valence-corrected chi connectivity index (χ0v) is 24.8. The Kier molecular flexibility index (Phi) is 7.22. The van der Waals surface area contributed by atoms with Crippen LogP contribution in [-0.2, 0) is 9.59 Å². The molecule has 2 amide bonds. The number of fused-ring (bicyclic) bond motifs is 2. The predicted molar refractivity (Wildman–Crippen MR) is 173 cm³/mol. The largest absolute Gasteiger partial charge is 0.496 e. The van der Waals surface area contributed by atoms with Crippen LogP contribution in [0.1, 0.15) is 18.4 Å². The van der Waals surface area contributed by atoms with Crippen molar-refractivity contribution in [3.05, 3.63) is 102 Å². The molecule has 1 aliphatic carbocycles. The summed E-state index contributed by atoms with van der Waals surface area (Å²) in [6, 6.07) is 22.0. The zero-order valence-electron chi connectivity index (χ0n) is 24.0. The number of pyridine rings is 1. The SMILES string of the molecule is COc1cc2c(cc1-c1cccs1)Nc1nccc(Oc3ccc(NC(=O)C4(C(=O)Nc5ccc(F)cc5)CC4)cc3)c1N=C2. The van der Waals surface area contributed by atoms with E-state index in [0.717, 1.165) is 27.4 Å². The van der Waals surface area contributed by atoms with E-state index in [1.54, 1.807) is 61.2 Å². The Labute approximate surface area is 261 Å². The van der Waals surface area contributed by atoms with Crippen LogP contribution in [0.4, 0.5) is 33.0 Å². The maximum atomic E-state index is 13.2. The number of ether oxygens (including phenoxy) is 2. The van der Waals surface area contributed by atoms with E-state index in [0.29, 0.717) is 47.2 Å². The summed E-state index contributed by atoms with van der Waals surface area (Å²) in [6.07, 6.45) is 4.26. The van der Waals surface area contributed by atoms with Crippen LogP contribution in [-0.4, -0.2) is 30.1 Å². The first kappa shape index (κ1) is 28.2. The number of carbonyl (C=O) groups excluding carboxylic acids is 2. The Balaban J connectivity index is 1.05. The molecule has 0 bridgehead atoms. The van der Waals surface area contributed by atoms with Gasteiger partial charge in [-0.25, -0.2) is 14.4 Å². The summed E-state index contributed by atoms with van der Waals surface area (Å²) >= 11 is 1.63. The molecule has 7 rings (SSSR count). The number of amides is 2. The molecule has 224 valence electrons. The fourth-order valence-electron chi connectivity index (χ4n) is 5.05. The van der Waals surface area contributed by atoms with Crippen LogP contribution in [0.15, 0.2) is 95.4 Å². The van der Waals surface area contributed by atoms with Crippen molar-refractivity contribution in [1.82, 2.24) is 4.98 Å². The number of carbonyl (C=O) groups is 2. The molecular formula is C34H26FN5O4S. The van der Waals surface area contributed by atoms with Gasteiger partial charge in [0.1, 0.15) is 28.4 Å². The Morgan fingerprint density at radius 1 is 0.933 bits per heavy atom. The molecule has 2 aliphatic rings. The molecule has 1 fully saturated rings. The number of nitrogens with one attached hydrogen (secondary N) is 3. The molecule has 2 aromatic heterocycles. The van der Waals surface area contributed by atoms with E-state index in [2.05, 4.69) is 20.9 Å². The van der Waals surface area contributed by atoms with Crippen LogP contribution in [0.5, 0.6) is 17.2 Å². The second-order valence-electron chi connectivity index (χ2n) is 10.6. The predicted octanol–water partition coefficient (Wildman–Crippen LogP) is 7.92. The molecule has 0 saturated heterocycles. The minimum absolute atomic E-state index is 0.394. The standard InChI is InChI=1S/C34H26FN5O4S/c1-43-28-17-20-19-37-30-27(12-15-36-31(30)40-26(20)18-25(28)29-3-2-16-45-29)44-24-10-8-23(9-11-24)39-33(42)34(13-14-34)32(41)38-22-6-4-21(35)5-7-22/h2-12,15-19H,13-14H2,1H3,(H,36,40)(H,38,41)(H,39,42). The third-order valence-corrected chi connectivity index (χ3v) is 8.60. The molecule has 0 spiro atoms. The van der Waals surface area contributed by atoms with Crippen molar-refractivity contribution in [1.29, 1.82) is 0 Å². The molecule has 45 heavy (non-hydrogen) atoms. The van der Waals surface area contributed by atoms with Crippen molar-refractivity contribution in [2.75, 3.05) is 23.1 Å². The number of rotatable bonds is 8. The van der Waals surface area contributed by atoms with Crippen LogP contribution in [0.2, 0.25) is 0 Å². The number of hydrogen-bond donors (Lipinski definition) is 3. The summed E-state index contributed by atoms with van der Waals surface area (Å²) in [5.74, 6) is 1.09. The lowest BCUT2D eigenvalue weighted by atomic mass is 10.0. The highest BCUT2D eigenvalue weighted by Gasteiger charge is 2.56. The van der Waals surface area contributed by atoms with Crippen molar-refractivity contribution in [2.24, 2.45) is 10.4 Å². The fourth-order valence-corrected chi connectivity index (χ4v) is 5.80. The summed E-state index contributed by atoms with van der Waals surface area (Å²) in [5.41, 5.74) is 2.98. The van der Waals surface area contributed by atoms with E-state index in [1.165, 1.54) is 24.3 Å². The number of hydrogen-bond acceptors (Lipinski definition) is 8. The van der Waals surface area contributed by atoms with Crippen LogP contribution >= 0.6 is 11.3 Å². The Bertz CT molecular complexity index is 1940. The Hall–Kier alpha value is -5.55. The molecule has 3 aromatic carbocycles. The number of halogens is 1. The van der Waals surface area contributed by atoms with E-state index in [-0.39, 0.29) is 0 Å². The monoisotopic (exact) mass is 619 g/mol. The summed E-state index contributed by atoms with van der Waals surface area (Å²) in [5, 5.41) is 11.0. The minimum atomic E-state index is -1.16. The summed E-state index contributed by atoms with van der Waals surface area (Å²) in [4.78, 5) is 36.2. The molecule has 1 aliphatic heterocycles. The lowest BCUT2D eigenvalue weighted by Gasteiger charge is -2.16. The van der Waals surface area contributed by atoms with Gasteiger partial charge in [-0.2, -0.15) is 0 Å². The lowest BCUT2D eigenvalue weighted by Crippen LogP contribution is -2.35. The van der Waals surface area contributed by atoms with Gasteiger partial charge in [-0.1, -0.05) is 6.07 Å². The van der Waals surface area contributed by atoms with Gasteiger partial charge in [0.25, 0.3) is 0 Å². The van der Waals surface area contributed by atoms with Crippen molar-refractivity contribution >= 4 is 57.9 Å². The lowest BCUT2D eigenvalue weighted by molar-refractivity contribution is -0.131. The highest BCUT2D eigenvalue weighted by Crippen LogP contribution is 2.48. The van der Waals surface area contributed by atoms with E-state index in [9.17, 15) is 14.0 Å². The zero-order chi connectivity index (χ0) is 31.0. The molecule has 0 atom stereocenters. The molecule has 0 radical (unpaired) electrons. The molecule has 1 saturated carbocycles. The minimum Gasteiger partial charge on any atom is -0.496 e. The first-order valence-electron chi connectivity index (χ1n) is 14.1. The highest BCUT2D eigenvalue weighted by atomic mass is 32.1. The molecule has 3 N–H and O–H groups in total. The molecule has 5 aromatic rings. The average molecular weight is 620 g/mol. The van der Waals surface area contributed by atoms with E-state index < -0.39 is 23.0 Å². The van der Waals surface area contributed by atoms with Crippen LogP contribution in [0, 0.1) is 11.2 Å². The average Bonchev–Trinajstić information content (AvgIpc) is 3.74. The quantitative estimate of drug-likeness (QED) is 0.149. The first-order chi connectivity index (χ1) is 21.9. The van der Waals surface area contributed by atoms with Gasteiger partial charge in [-0.05, 0) is 85.0 Å². The van der Waals surface area contributed by atoms with Gasteiger partial charge < -0.3 is 25.4 Å². The topological polar surface area (TPSA) is 114 Å². The maximum Gasteiger partial charge on any atom is 0.240 e. The second-order valence-corrected chi connectivity index (χ2v) is 11.6. The van der Waals surface area contributed by atoms with Gasteiger partial charge in [0.05, 0.1) is 7.11 Å². The fraction of sp³-hybridized carbons (Fsp3) is 0.118. The van der Waals surface area contributed by atoms with E-state index >= 15 is 0 Å². The smallest absolute Gasteiger partial charge is 0.240 e. The molecule has 3 heterocycles. The summed E-state index contributed by atoms with van der Waals surface area (Å²) in [6.45, 7) is 0. The van der Waals surface area contributed by atoms with Gasteiger partial charge in [0, 0.05) is 51.5 Å². The molecular weight excluding hydrogens is 593 g/mol. The maximum absolute atomic E-state index is 13.2. The normalized spacial score (nSPS) is 13.8. The van der Waals surface area contributed by atoms with Crippen molar-refractivity contribution in [3.8, 4) is 27.7 Å². The first-order valence-corrected chi connectivity index (χ1v) is 15.0. The van der Waals surface area contributed by atoms with Crippen molar-refractivity contribution < 1.29 is 23.5 Å². The molecule has 0 unspecified atom stereocenters. The Morgan fingerprint density at radius 2 is 1.64 bits per heavy atom. The number of anilines is 4. The van der Waals surface area contributed by atoms with Crippen LogP contribution < -0.4 is 25.4 Å². The van der Waals surface area contributed by atoms with Crippen molar-refractivity contribution in [2.45, 2.75) is 12.8 Å². The third-order valence-electron chi connectivity index (χ3n) is 7.69. The number of nitrogens with zero attached hydrogens (tertiary/aromatic N) is 2. The van der Waals surface area contributed by atoms with E-state index in [1.807, 2.05) is 29.6 Å². The molecule has 11 heteroatoms. The van der Waals surface area contributed by atoms with Crippen molar-refractivity contribution in [3.63, 3.8) is 0 Å². The van der Waals surface area contributed by atoms with Gasteiger partial charge in [-0.3, -0.25) is 9.59 Å². The molecule has 9 nitrogen and oxygen atoms in total. The van der Waals surface area contributed by atoms with Gasteiger partial charge in [0.2, 0.25) is 11.8 Å². The van der Waals surface area contributed by atoms with Crippen LogP contribution in [0.3, 0.4) is 0 Å². The number of benzene rings is 3. The van der Waals surface area contributed by atoms with E-state index in [4.69, 9.17) is 14.5 Å². The second kappa shape index (κ2) is 11.5. The third kappa shape index (κ3) is 5.61.